The molecule has 2 heterocycles. The van der Waals surface area contributed by atoms with E-state index in [9.17, 15) is 13.2 Å². The summed E-state index contributed by atoms with van der Waals surface area (Å²) < 4.78 is 25.4. The van der Waals surface area contributed by atoms with Crippen LogP contribution >= 0.6 is 0 Å². The van der Waals surface area contributed by atoms with Crippen molar-refractivity contribution >= 4 is 21.9 Å². The molecule has 0 bridgehead atoms. The minimum atomic E-state index is -3.74. The average Bonchev–Trinajstić information content (AvgIpc) is 2.44. The van der Waals surface area contributed by atoms with Gasteiger partial charge in [0.2, 0.25) is 0 Å². The molecule has 1 aromatic rings. The van der Waals surface area contributed by atoms with Gasteiger partial charge in [-0.3, -0.25) is 5.32 Å². The number of aromatic nitrogens is 2. The Morgan fingerprint density at radius 3 is 2.71 bits per heavy atom. The molecule has 0 radical (unpaired) electrons. The highest BCUT2D eigenvalue weighted by Gasteiger charge is 2.37. The smallest absolute Gasteiger partial charge is 0.321 e. The monoisotopic (exact) mass is 216 g/mol. The van der Waals surface area contributed by atoms with E-state index in [1.54, 1.807) is 7.05 Å². The zero-order valence-corrected chi connectivity index (χ0v) is 8.37. The summed E-state index contributed by atoms with van der Waals surface area (Å²) in [5.74, 6) is 0.0793. The third-order valence-electron chi connectivity index (χ3n) is 2.00. The van der Waals surface area contributed by atoms with Gasteiger partial charge in [0.25, 0.3) is 10.0 Å². The quantitative estimate of drug-likeness (QED) is 0.638. The van der Waals surface area contributed by atoms with Crippen molar-refractivity contribution in [2.75, 3.05) is 12.4 Å². The van der Waals surface area contributed by atoms with E-state index in [0.29, 0.717) is 4.31 Å². The maximum Gasteiger partial charge on any atom is 0.336 e. The van der Waals surface area contributed by atoms with Gasteiger partial charge in [-0.15, -0.1) is 0 Å². The molecule has 0 spiro atoms. The summed E-state index contributed by atoms with van der Waals surface area (Å²) in [6.07, 6.45) is 1.33. The lowest BCUT2D eigenvalue weighted by Gasteiger charge is -2.22. The molecule has 14 heavy (non-hydrogen) atoms. The summed E-state index contributed by atoms with van der Waals surface area (Å²) in [4.78, 5) is 14.9. The first-order valence-corrected chi connectivity index (χ1v) is 5.20. The number of imidazole rings is 1. The predicted molar refractivity (Wildman–Crippen MR) is 47.2 cm³/mol. The van der Waals surface area contributed by atoms with Crippen LogP contribution in [0.25, 0.3) is 0 Å². The molecule has 1 aromatic heterocycles. The number of carbonyl (C=O) groups excluding carboxylic acids is 1. The molecule has 2 amide bonds. The van der Waals surface area contributed by atoms with Crippen molar-refractivity contribution in [2.45, 2.75) is 5.03 Å². The van der Waals surface area contributed by atoms with Crippen LogP contribution in [0.5, 0.6) is 0 Å². The molecular formula is C6H8N4O3S. The van der Waals surface area contributed by atoms with Crippen LogP contribution in [-0.2, 0) is 17.1 Å². The highest BCUT2D eigenvalue weighted by Crippen LogP contribution is 2.26. The van der Waals surface area contributed by atoms with Gasteiger partial charge in [-0.25, -0.2) is 14.1 Å². The maximum atomic E-state index is 11.7. The number of hydrogen-bond donors (Lipinski definition) is 1. The van der Waals surface area contributed by atoms with Gasteiger partial charge < -0.3 is 4.57 Å². The van der Waals surface area contributed by atoms with Crippen molar-refractivity contribution in [1.82, 2.24) is 13.9 Å². The number of rotatable bonds is 0. The molecule has 0 saturated heterocycles. The third-order valence-corrected chi connectivity index (χ3v) is 3.86. The van der Waals surface area contributed by atoms with Crippen LogP contribution < -0.4 is 5.32 Å². The first kappa shape index (κ1) is 9.00. The third kappa shape index (κ3) is 0.939. The Balaban J connectivity index is 2.76. The number of aryl methyl sites for hydroxylation is 1. The van der Waals surface area contributed by atoms with Crippen LogP contribution in [0.2, 0.25) is 0 Å². The Labute approximate surface area is 80.4 Å². The largest absolute Gasteiger partial charge is 0.336 e. The van der Waals surface area contributed by atoms with Crippen molar-refractivity contribution in [3.05, 3.63) is 6.33 Å². The number of carbonyl (C=O) groups is 1. The van der Waals surface area contributed by atoms with Gasteiger partial charge in [-0.05, 0) is 0 Å². The zero-order chi connectivity index (χ0) is 10.5. The first-order valence-electron chi connectivity index (χ1n) is 3.76. The molecule has 1 aliphatic heterocycles. The van der Waals surface area contributed by atoms with Crippen LogP contribution in [-0.4, -0.2) is 35.4 Å². The Kier molecular flexibility index (Phi) is 1.59. The van der Waals surface area contributed by atoms with E-state index in [0.717, 1.165) is 0 Å². The van der Waals surface area contributed by atoms with Crippen LogP contribution in [0, 0.1) is 0 Å². The van der Waals surface area contributed by atoms with Crippen molar-refractivity contribution in [1.29, 1.82) is 0 Å². The molecule has 8 heteroatoms. The Morgan fingerprint density at radius 2 is 2.07 bits per heavy atom. The number of sulfonamides is 1. The molecule has 0 fully saturated rings. The molecule has 1 aliphatic rings. The summed E-state index contributed by atoms with van der Waals surface area (Å²) in [6, 6.07) is -0.698. The zero-order valence-electron chi connectivity index (χ0n) is 7.55. The van der Waals surface area contributed by atoms with Crippen LogP contribution in [0.1, 0.15) is 0 Å². The minimum Gasteiger partial charge on any atom is -0.321 e. The SMILES string of the molecule is CN1C(=O)Nc2ncn(C)c2S1(=O)=O. The lowest BCUT2D eigenvalue weighted by molar-refractivity contribution is 0.239. The van der Waals surface area contributed by atoms with Crippen molar-refractivity contribution in [2.24, 2.45) is 7.05 Å². The van der Waals surface area contributed by atoms with Crippen LogP contribution in [0.15, 0.2) is 11.4 Å². The highest BCUT2D eigenvalue weighted by molar-refractivity contribution is 7.89. The Bertz CT molecular complexity index is 503. The fourth-order valence-electron chi connectivity index (χ4n) is 1.23. The van der Waals surface area contributed by atoms with E-state index in [1.165, 1.54) is 17.9 Å². The van der Waals surface area contributed by atoms with Crippen molar-refractivity contribution in [3.63, 3.8) is 0 Å². The Hall–Kier alpha value is -1.57. The van der Waals surface area contributed by atoms with E-state index in [4.69, 9.17) is 0 Å². The number of fused-ring (bicyclic) bond motifs is 1. The number of anilines is 1. The van der Waals surface area contributed by atoms with Crippen LogP contribution in [0.3, 0.4) is 0 Å². The number of nitrogens with one attached hydrogen (secondary N) is 1. The minimum absolute atomic E-state index is 0.000370. The Morgan fingerprint density at radius 1 is 1.43 bits per heavy atom. The second kappa shape index (κ2) is 2.47. The highest BCUT2D eigenvalue weighted by atomic mass is 32.2. The molecule has 76 valence electrons. The number of nitrogens with zero attached hydrogens (tertiary/aromatic N) is 3. The van der Waals surface area contributed by atoms with E-state index in [-0.39, 0.29) is 10.8 Å². The lowest BCUT2D eigenvalue weighted by Crippen LogP contribution is -2.41. The molecular weight excluding hydrogens is 208 g/mol. The standard InChI is InChI=1S/C6H8N4O3S/c1-9-3-7-4-5(9)14(12,13)10(2)6(11)8-4/h3H,1-2H3,(H,8,11). The fourth-order valence-corrected chi connectivity index (χ4v) is 2.51. The van der Waals surface area contributed by atoms with Crippen molar-refractivity contribution < 1.29 is 13.2 Å². The summed E-state index contributed by atoms with van der Waals surface area (Å²) in [7, 11) is -0.990. The van der Waals surface area contributed by atoms with Crippen LogP contribution in [0.4, 0.5) is 10.6 Å². The van der Waals surface area contributed by atoms with E-state index in [2.05, 4.69) is 10.3 Å². The number of urea groups is 1. The van der Waals surface area contributed by atoms with Gasteiger partial charge in [0.1, 0.15) is 0 Å². The van der Waals surface area contributed by atoms with E-state index in [1.807, 2.05) is 0 Å². The van der Waals surface area contributed by atoms with Gasteiger partial charge in [0, 0.05) is 14.1 Å². The molecule has 7 nitrogen and oxygen atoms in total. The molecule has 2 rings (SSSR count). The predicted octanol–water partition coefficient (Wildman–Crippen LogP) is -0.414. The molecule has 1 N–H and O–H groups in total. The summed E-state index contributed by atoms with van der Waals surface area (Å²) in [5, 5.41) is 2.36. The van der Waals surface area contributed by atoms with Gasteiger partial charge in [0.15, 0.2) is 10.8 Å². The molecule has 0 saturated carbocycles. The second-order valence-corrected chi connectivity index (χ2v) is 4.80. The van der Waals surface area contributed by atoms with E-state index >= 15 is 0 Å². The summed E-state index contributed by atoms with van der Waals surface area (Å²) in [6.45, 7) is 0. The number of hydrogen-bond acceptors (Lipinski definition) is 4. The van der Waals surface area contributed by atoms with E-state index < -0.39 is 16.1 Å². The van der Waals surface area contributed by atoms with Gasteiger partial charge in [-0.2, -0.15) is 8.42 Å². The molecule has 0 aromatic carbocycles. The topological polar surface area (TPSA) is 84.3 Å². The fraction of sp³-hybridized carbons (Fsp3) is 0.333. The van der Waals surface area contributed by atoms with Gasteiger partial charge in [-0.1, -0.05) is 0 Å². The lowest BCUT2D eigenvalue weighted by atomic mass is 10.7. The van der Waals surface area contributed by atoms with Gasteiger partial charge >= 0.3 is 6.03 Å². The first-order chi connectivity index (χ1) is 6.44. The number of amides is 2. The average molecular weight is 216 g/mol. The maximum absolute atomic E-state index is 11.7. The second-order valence-electron chi connectivity index (χ2n) is 2.91. The summed E-state index contributed by atoms with van der Waals surface area (Å²) >= 11 is 0. The molecule has 0 atom stereocenters. The molecule has 0 aliphatic carbocycles. The molecule has 0 unspecified atom stereocenters. The van der Waals surface area contributed by atoms with Gasteiger partial charge in [0.05, 0.1) is 6.33 Å². The van der Waals surface area contributed by atoms with Crippen molar-refractivity contribution in [3.8, 4) is 0 Å². The normalized spacial score (nSPS) is 19.0. The summed E-state index contributed by atoms with van der Waals surface area (Å²) in [5.41, 5.74) is 0.